The minimum Gasteiger partial charge on any atom is -0.447 e. The first kappa shape index (κ1) is 16.4. The molecule has 1 atom stereocenters. The van der Waals surface area contributed by atoms with E-state index in [0.717, 1.165) is 27.2 Å². The Morgan fingerprint density at radius 2 is 1.88 bits per heavy atom. The van der Waals surface area contributed by atoms with Crippen LogP contribution in [0.3, 0.4) is 0 Å². The van der Waals surface area contributed by atoms with Gasteiger partial charge in [0.1, 0.15) is 6.26 Å². The van der Waals surface area contributed by atoms with Crippen molar-refractivity contribution in [3.8, 4) is 0 Å². The first-order valence-corrected chi connectivity index (χ1v) is 8.77. The number of anilines is 1. The van der Waals surface area contributed by atoms with Gasteiger partial charge in [0, 0.05) is 34.4 Å². The standard InChI is InChI=1S/C21H21N3O2/c1-2-24(21-17-9-4-3-7-14(17)13-26-21)20(25)18(22)11-15-12-23-19-10-6-5-8-16(15)19/h3-10,12-13,18,23H,2,11,22H2,1H3. The summed E-state index contributed by atoms with van der Waals surface area (Å²) in [6, 6.07) is 15.2. The van der Waals surface area contributed by atoms with Crippen LogP contribution in [0.1, 0.15) is 12.5 Å². The van der Waals surface area contributed by atoms with E-state index in [2.05, 4.69) is 4.98 Å². The van der Waals surface area contributed by atoms with Crippen LogP contribution < -0.4 is 10.6 Å². The Hall–Kier alpha value is -3.05. The molecule has 0 radical (unpaired) electrons. The number of furan rings is 1. The van der Waals surface area contributed by atoms with E-state index in [9.17, 15) is 4.79 Å². The number of para-hydroxylation sites is 1. The summed E-state index contributed by atoms with van der Waals surface area (Å²) < 4.78 is 5.69. The number of nitrogens with one attached hydrogen (secondary N) is 1. The van der Waals surface area contributed by atoms with Crippen molar-refractivity contribution in [3.05, 3.63) is 66.6 Å². The first-order chi connectivity index (χ1) is 12.7. The van der Waals surface area contributed by atoms with Gasteiger partial charge in [0.2, 0.25) is 11.8 Å². The number of aromatic nitrogens is 1. The van der Waals surface area contributed by atoms with Crippen LogP contribution >= 0.6 is 0 Å². The molecule has 1 unspecified atom stereocenters. The molecule has 0 fully saturated rings. The van der Waals surface area contributed by atoms with E-state index in [4.69, 9.17) is 10.2 Å². The van der Waals surface area contributed by atoms with Gasteiger partial charge in [-0.2, -0.15) is 0 Å². The van der Waals surface area contributed by atoms with Gasteiger partial charge < -0.3 is 15.1 Å². The third-order valence-corrected chi connectivity index (χ3v) is 4.75. The second-order valence-corrected chi connectivity index (χ2v) is 6.38. The molecule has 2 aromatic heterocycles. The van der Waals surface area contributed by atoms with Crippen LogP contribution in [0.15, 0.2) is 65.4 Å². The van der Waals surface area contributed by atoms with E-state index in [1.165, 1.54) is 0 Å². The van der Waals surface area contributed by atoms with E-state index in [0.29, 0.717) is 18.8 Å². The Morgan fingerprint density at radius 1 is 1.15 bits per heavy atom. The summed E-state index contributed by atoms with van der Waals surface area (Å²) in [5, 5.41) is 2.99. The van der Waals surface area contributed by atoms with Gasteiger partial charge >= 0.3 is 0 Å². The zero-order valence-electron chi connectivity index (χ0n) is 14.6. The number of aromatic amines is 1. The maximum Gasteiger partial charge on any atom is 0.246 e. The number of carbonyl (C=O) groups excluding carboxylic acids is 1. The number of carbonyl (C=O) groups is 1. The number of rotatable bonds is 5. The Labute approximate surface area is 151 Å². The van der Waals surface area contributed by atoms with Crippen molar-refractivity contribution >= 4 is 33.5 Å². The summed E-state index contributed by atoms with van der Waals surface area (Å²) in [6.45, 7) is 2.42. The summed E-state index contributed by atoms with van der Waals surface area (Å²) >= 11 is 0. The van der Waals surface area contributed by atoms with Crippen molar-refractivity contribution in [1.82, 2.24) is 4.98 Å². The lowest BCUT2D eigenvalue weighted by Crippen LogP contribution is -2.45. The van der Waals surface area contributed by atoms with Gasteiger partial charge in [0.15, 0.2) is 0 Å². The minimum absolute atomic E-state index is 0.141. The smallest absolute Gasteiger partial charge is 0.246 e. The van der Waals surface area contributed by atoms with Gasteiger partial charge in [-0.25, -0.2) is 0 Å². The molecule has 0 bridgehead atoms. The number of hydrogen-bond donors (Lipinski definition) is 2. The fourth-order valence-corrected chi connectivity index (χ4v) is 3.41. The minimum atomic E-state index is -0.641. The van der Waals surface area contributed by atoms with Crippen LogP contribution in [-0.4, -0.2) is 23.5 Å². The van der Waals surface area contributed by atoms with E-state index in [1.54, 1.807) is 11.2 Å². The largest absolute Gasteiger partial charge is 0.447 e. The summed E-state index contributed by atoms with van der Waals surface area (Å²) in [5.41, 5.74) is 8.37. The number of likely N-dealkylation sites (N-methyl/N-ethyl adjacent to an activating group) is 1. The molecule has 132 valence electrons. The fraction of sp³-hybridized carbons (Fsp3) is 0.190. The molecule has 0 aliphatic heterocycles. The molecule has 0 spiro atoms. The molecule has 4 rings (SSSR count). The van der Waals surface area contributed by atoms with E-state index in [-0.39, 0.29) is 5.91 Å². The van der Waals surface area contributed by atoms with Gasteiger partial charge in [0.25, 0.3) is 0 Å². The fourth-order valence-electron chi connectivity index (χ4n) is 3.41. The Kier molecular flexibility index (Phi) is 4.22. The highest BCUT2D eigenvalue weighted by Crippen LogP contribution is 2.29. The van der Waals surface area contributed by atoms with Crippen molar-refractivity contribution in [2.45, 2.75) is 19.4 Å². The van der Waals surface area contributed by atoms with Crippen LogP contribution in [0.25, 0.3) is 21.7 Å². The lowest BCUT2D eigenvalue weighted by atomic mass is 10.0. The van der Waals surface area contributed by atoms with Crippen molar-refractivity contribution in [2.24, 2.45) is 5.73 Å². The van der Waals surface area contributed by atoms with Crippen LogP contribution in [0.2, 0.25) is 0 Å². The highest BCUT2D eigenvalue weighted by Gasteiger charge is 2.25. The molecule has 5 heteroatoms. The third kappa shape index (κ3) is 2.76. The molecule has 0 aliphatic carbocycles. The second-order valence-electron chi connectivity index (χ2n) is 6.38. The van der Waals surface area contributed by atoms with Crippen molar-refractivity contribution in [1.29, 1.82) is 0 Å². The number of benzene rings is 2. The predicted molar refractivity (Wildman–Crippen MR) is 104 cm³/mol. The van der Waals surface area contributed by atoms with E-state index < -0.39 is 6.04 Å². The molecule has 2 heterocycles. The summed E-state index contributed by atoms with van der Waals surface area (Å²) in [5.74, 6) is 0.417. The van der Waals surface area contributed by atoms with Gasteiger partial charge in [-0.3, -0.25) is 9.69 Å². The number of hydrogen-bond acceptors (Lipinski definition) is 3. The molecule has 3 N–H and O–H groups in total. The maximum atomic E-state index is 13.0. The molecule has 26 heavy (non-hydrogen) atoms. The van der Waals surface area contributed by atoms with Gasteiger partial charge in [-0.05, 0) is 31.0 Å². The average Bonchev–Trinajstić information content (AvgIpc) is 3.27. The van der Waals surface area contributed by atoms with Gasteiger partial charge in [-0.15, -0.1) is 0 Å². The van der Waals surface area contributed by atoms with Crippen LogP contribution in [-0.2, 0) is 11.2 Å². The zero-order chi connectivity index (χ0) is 18.1. The predicted octanol–water partition coefficient (Wildman–Crippen LogP) is 3.84. The number of amides is 1. The number of fused-ring (bicyclic) bond motifs is 2. The SMILES string of the molecule is CCN(C(=O)C(N)Cc1c[nH]c2ccccc12)c1occ2ccccc12. The van der Waals surface area contributed by atoms with Gasteiger partial charge in [-0.1, -0.05) is 36.4 Å². The Morgan fingerprint density at radius 3 is 2.69 bits per heavy atom. The molecule has 0 aliphatic rings. The molecule has 0 saturated heterocycles. The van der Waals surface area contributed by atoms with Crippen LogP contribution in [0.4, 0.5) is 5.88 Å². The molecule has 2 aromatic carbocycles. The number of H-pyrrole nitrogens is 1. The quantitative estimate of drug-likeness (QED) is 0.576. The molecule has 4 aromatic rings. The monoisotopic (exact) mass is 347 g/mol. The van der Waals surface area contributed by atoms with Crippen molar-refractivity contribution < 1.29 is 9.21 Å². The van der Waals surface area contributed by atoms with Gasteiger partial charge in [0.05, 0.1) is 6.04 Å². The molecular weight excluding hydrogens is 326 g/mol. The third-order valence-electron chi connectivity index (χ3n) is 4.75. The van der Waals surface area contributed by atoms with Crippen LogP contribution in [0, 0.1) is 0 Å². The summed E-state index contributed by atoms with van der Waals surface area (Å²) in [7, 11) is 0. The highest BCUT2D eigenvalue weighted by molar-refractivity contribution is 6.03. The number of nitrogens with zero attached hydrogens (tertiary/aromatic N) is 1. The van der Waals surface area contributed by atoms with E-state index in [1.807, 2.05) is 61.7 Å². The first-order valence-electron chi connectivity index (χ1n) is 8.77. The topological polar surface area (TPSA) is 75.3 Å². The Balaban J connectivity index is 1.60. The molecule has 1 amide bonds. The maximum absolute atomic E-state index is 13.0. The summed E-state index contributed by atoms with van der Waals surface area (Å²) in [4.78, 5) is 17.9. The molecule has 0 saturated carbocycles. The number of nitrogens with two attached hydrogens (primary N) is 1. The highest BCUT2D eigenvalue weighted by atomic mass is 16.3. The second kappa shape index (κ2) is 6.69. The lowest BCUT2D eigenvalue weighted by Gasteiger charge is -2.22. The van der Waals surface area contributed by atoms with Crippen molar-refractivity contribution in [3.63, 3.8) is 0 Å². The van der Waals surface area contributed by atoms with E-state index >= 15 is 0 Å². The lowest BCUT2D eigenvalue weighted by molar-refractivity contribution is -0.119. The summed E-state index contributed by atoms with van der Waals surface area (Å²) in [6.07, 6.45) is 4.07. The molecular formula is C21H21N3O2. The Bertz CT molecular complexity index is 1060. The van der Waals surface area contributed by atoms with Crippen LogP contribution in [0.5, 0.6) is 0 Å². The van der Waals surface area contributed by atoms with Crippen molar-refractivity contribution in [2.75, 3.05) is 11.4 Å². The molecule has 5 nitrogen and oxygen atoms in total. The normalized spacial score (nSPS) is 12.5. The average molecular weight is 347 g/mol. The zero-order valence-corrected chi connectivity index (χ0v) is 14.6.